The van der Waals surface area contributed by atoms with E-state index in [-0.39, 0.29) is 36.4 Å². The number of carbonyl (C=O) groups excluding carboxylic acids is 1. The second-order valence-corrected chi connectivity index (χ2v) is 7.51. The van der Waals surface area contributed by atoms with Gasteiger partial charge in [-0.3, -0.25) is 4.98 Å². The number of urea groups is 1. The van der Waals surface area contributed by atoms with Crippen LogP contribution in [0.3, 0.4) is 0 Å². The van der Waals surface area contributed by atoms with Gasteiger partial charge in [0.05, 0.1) is 25.5 Å². The molecular formula is C19H27N3O4. The zero-order valence-electron chi connectivity index (χ0n) is 15.1. The Labute approximate surface area is 153 Å². The average Bonchev–Trinajstić information content (AvgIpc) is 3.20. The van der Waals surface area contributed by atoms with Crippen molar-refractivity contribution in [3.8, 4) is 5.75 Å². The summed E-state index contributed by atoms with van der Waals surface area (Å²) in [5.41, 5.74) is 1.05. The molecule has 4 atom stereocenters. The summed E-state index contributed by atoms with van der Waals surface area (Å²) in [5, 5.41) is 6.11. The van der Waals surface area contributed by atoms with Gasteiger partial charge in [-0.2, -0.15) is 0 Å². The minimum atomic E-state index is -0.184. The van der Waals surface area contributed by atoms with Crippen LogP contribution in [0.2, 0.25) is 0 Å². The number of pyridine rings is 1. The summed E-state index contributed by atoms with van der Waals surface area (Å²) in [5.74, 6) is 0.717. The predicted octanol–water partition coefficient (Wildman–Crippen LogP) is 1.94. The average molecular weight is 361 g/mol. The summed E-state index contributed by atoms with van der Waals surface area (Å²) < 4.78 is 17.8. The second-order valence-electron chi connectivity index (χ2n) is 7.51. The Bertz CT molecular complexity index is 635. The molecule has 3 aliphatic rings. The Morgan fingerprint density at radius 1 is 1.12 bits per heavy atom. The first-order valence-electron chi connectivity index (χ1n) is 9.57. The van der Waals surface area contributed by atoms with Gasteiger partial charge in [0.1, 0.15) is 18.0 Å². The zero-order valence-corrected chi connectivity index (χ0v) is 15.1. The lowest BCUT2D eigenvalue weighted by Crippen LogP contribution is -2.51. The number of ether oxygens (including phenoxy) is 3. The standard InChI is InChI=1S/C19H27N3O4/c1-12-7-14(9-20-8-12)26-16-11-25-17-15(10-24-18(16)17)22-19(23)21-13-5-3-2-4-6-13/h7-9,13,15-18H,2-6,10-11H2,1H3,(H2,21,22,23)/t15-,16-,17+,18+/m0/s1. The second kappa shape index (κ2) is 7.80. The van der Waals surface area contributed by atoms with Crippen LogP contribution >= 0.6 is 0 Å². The van der Waals surface area contributed by atoms with Gasteiger partial charge in [-0.15, -0.1) is 0 Å². The first-order valence-corrected chi connectivity index (χ1v) is 9.57. The van der Waals surface area contributed by atoms with Crippen molar-refractivity contribution >= 4 is 6.03 Å². The molecule has 4 rings (SSSR count). The Hall–Kier alpha value is -1.86. The first-order chi connectivity index (χ1) is 12.7. The monoisotopic (exact) mass is 361 g/mol. The molecule has 1 aliphatic carbocycles. The lowest BCUT2D eigenvalue weighted by atomic mass is 9.96. The van der Waals surface area contributed by atoms with Crippen LogP contribution in [0.5, 0.6) is 5.75 Å². The van der Waals surface area contributed by atoms with E-state index in [4.69, 9.17) is 14.2 Å². The summed E-state index contributed by atoms with van der Waals surface area (Å²) in [6, 6.07) is 1.97. The van der Waals surface area contributed by atoms with Crippen molar-refractivity contribution in [3.05, 3.63) is 24.0 Å². The van der Waals surface area contributed by atoms with Gasteiger partial charge in [0.15, 0.2) is 6.10 Å². The third-order valence-corrected chi connectivity index (χ3v) is 5.40. The van der Waals surface area contributed by atoms with Crippen LogP contribution in [0.15, 0.2) is 18.5 Å². The highest BCUT2D eigenvalue weighted by molar-refractivity contribution is 5.74. The third kappa shape index (κ3) is 3.94. The van der Waals surface area contributed by atoms with Gasteiger partial charge in [-0.1, -0.05) is 19.3 Å². The SMILES string of the molecule is Cc1cncc(O[C@H]2CO[C@H]3[C@@H]2OC[C@@H]3NC(=O)NC2CCCCC2)c1. The number of hydrogen-bond acceptors (Lipinski definition) is 5. The lowest BCUT2D eigenvalue weighted by Gasteiger charge is -2.24. The topological polar surface area (TPSA) is 81.7 Å². The Kier molecular flexibility index (Phi) is 5.26. The van der Waals surface area contributed by atoms with E-state index < -0.39 is 0 Å². The molecule has 1 aromatic rings. The summed E-state index contributed by atoms with van der Waals surface area (Å²) in [4.78, 5) is 16.4. The highest BCUT2D eigenvalue weighted by atomic mass is 16.6. The smallest absolute Gasteiger partial charge is 0.315 e. The van der Waals surface area contributed by atoms with Gasteiger partial charge in [-0.05, 0) is 31.4 Å². The van der Waals surface area contributed by atoms with E-state index in [1.165, 1.54) is 19.3 Å². The fourth-order valence-electron chi connectivity index (χ4n) is 4.10. The minimum Gasteiger partial charge on any atom is -0.484 e. The number of aryl methyl sites for hydroxylation is 1. The van der Waals surface area contributed by atoms with E-state index in [0.29, 0.717) is 19.0 Å². The van der Waals surface area contributed by atoms with Gasteiger partial charge in [0, 0.05) is 12.2 Å². The highest BCUT2D eigenvalue weighted by Crippen LogP contribution is 2.30. The molecule has 2 saturated heterocycles. The van der Waals surface area contributed by atoms with Gasteiger partial charge in [0.2, 0.25) is 0 Å². The van der Waals surface area contributed by atoms with Crippen LogP contribution in [0.1, 0.15) is 37.7 Å². The molecule has 0 aromatic carbocycles. The number of nitrogens with zero attached hydrogens (tertiary/aromatic N) is 1. The Balaban J connectivity index is 1.29. The fraction of sp³-hybridized carbons (Fsp3) is 0.684. The number of nitrogens with one attached hydrogen (secondary N) is 2. The number of aromatic nitrogens is 1. The molecule has 26 heavy (non-hydrogen) atoms. The molecule has 1 saturated carbocycles. The largest absolute Gasteiger partial charge is 0.484 e. The summed E-state index contributed by atoms with van der Waals surface area (Å²) in [7, 11) is 0. The maximum atomic E-state index is 12.3. The minimum absolute atomic E-state index is 0.123. The van der Waals surface area contributed by atoms with Crippen molar-refractivity contribution in [3.63, 3.8) is 0 Å². The third-order valence-electron chi connectivity index (χ3n) is 5.40. The lowest BCUT2D eigenvalue weighted by molar-refractivity contribution is 0.0302. The van der Waals surface area contributed by atoms with Gasteiger partial charge < -0.3 is 24.8 Å². The molecule has 7 nitrogen and oxygen atoms in total. The molecule has 2 N–H and O–H groups in total. The molecule has 3 fully saturated rings. The molecule has 3 heterocycles. The van der Waals surface area contributed by atoms with E-state index in [1.807, 2.05) is 13.0 Å². The van der Waals surface area contributed by atoms with E-state index in [2.05, 4.69) is 15.6 Å². The number of rotatable bonds is 4. The predicted molar refractivity (Wildman–Crippen MR) is 95.2 cm³/mol. The van der Waals surface area contributed by atoms with Gasteiger partial charge >= 0.3 is 6.03 Å². The van der Waals surface area contributed by atoms with Crippen molar-refractivity contribution < 1.29 is 19.0 Å². The van der Waals surface area contributed by atoms with Crippen molar-refractivity contribution in [2.75, 3.05) is 13.2 Å². The van der Waals surface area contributed by atoms with Crippen LogP contribution in [0.25, 0.3) is 0 Å². The molecule has 142 valence electrons. The molecule has 2 aliphatic heterocycles. The van der Waals surface area contributed by atoms with Crippen molar-refractivity contribution in [2.45, 2.75) is 69.4 Å². The summed E-state index contributed by atoms with van der Waals surface area (Å²) >= 11 is 0. The zero-order chi connectivity index (χ0) is 17.9. The maximum Gasteiger partial charge on any atom is 0.315 e. The molecule has 0 bridgehead atoms. The highest BCUT2D eigenvalue weighted by Gasteiger charge is 2.49. The normalized spacial score (nSPS) is 31.4. The molecule has 0 unspecified atom stereocenters. The van der Waals surface area contributed by atoms with E-state index >= 15 is 0 Å². The van der Waals surface area contributed by atoms with Crippen molar-refractivity contribution in [1.82, 2.24) is 15.6 Å². The van der Waals surface area contributed by atoms with E-state index in [1.54, 1.807) is 12.4 Å². The summed E-state index contributed by atoms with van der Waals surface area (Å²) in [6.45, 7) is 2.87. The summed E-state index contributed by atoms with van der Waals surface area (Å²) in [6.07, 6.45) is 8.75. The van der Waals surface area contributed by atoms with E-state index in [9.17, 15) is 4.79 Å². The van der Waals surface area contributed by atoms with Gasteiger partial charge in [-0.25, -0.2) is 4.79 Å². The molecule has 7 heteroatoms. The Morgan fingerprint density at radius 3 is 2.73 bits per heavy atom. The quantitative estimate of drug-likeness (QED) is 0.856. The fourth-order valence-corrected chi connectivity index (χ4v) is 4.10. The van der Waals surface area contributed by atoms with Crippen molar-refractivity contribution in [2.24, 2.45) is 0 Å². The van der Waals surface area contributed by atoms with Crippen LogP contribution in [0, 0.1) is 6.92 Å². The van der Waals surface area contributed by atoms with Gasteiger partial charge in [0.25, 0.3) is 0 Å². The molecule has 2 amide bonds. The van der Waals surface area contributed by atoms with E-state index in [0.717, 1.165) is 18.4 Å². The van der Waals surface area contributed by atoms with Crippen LogP contribution in [0.4, 0.5) is 4.79 Å². The molecule has 1 aromatic heterocycles. The molecule has 0 radical (unpaired) electrons. The van der Waals surface area contributed by atoms with Crippen LogP contribution in [-0.2, 0) is 9.47 Å². The maximum absolute atomic E-state index is 12.3. The first kappa shape index (κ1) is 17.5. The molecule has 0 spiro atoms. The molecular weight excluding hydrogens is 334 g/mol. The Morgan fingerprint density at radius 2 is 1.92 bits per heavy atom. The number of fused-ring (bicyclic) bond motifs is 1. The number of amides is 2. The van der Waals surface area contributed by atoms with Crippen LogP contribution in [-0.4, -0.2) is 54.6 Å². The van der Waals surface area contributed by atoms with Crippen molar-refractivity contribution in [1.29, 1.82) is 0 Å². The number of carbonyl (C=O) groups is 1. The van der Waals surface area contributed by atoms with Crippen LogP contribution < -0.4 is 15.4 Å². The number of hydrogen-bond donors (Lipinski definition) is 2.